The van der Waals surface area contributed by atoms with Crippen molar-refractivity contribution in [2.75, 3.05) is 6.61 Å². The van der Waals surface area contributed by atoms with Gasteiger partial charge >= 0.3 is 0 Å². The van der Waals surface area contributed by atoms with E-state index in [1.165, 1.54) is 13.2 Å². The largest absolute Gasteiger partial charge is 0.486 e. The van der Waals surface area contributed by atoms with Gasteiger partial charge in [-0.15, -0.1) is 0 Å². The molecule has 2 heterocycles. The fourth-order valence-electron chi connectivity index (χ4n) is 1.94. The molecular weight excluding hydrogens is 272 g/mol. The molecular formula is C16H12O5. The predicted octanol–water partition coefficient (Wildman–Crippen LogP) is 2.86. The third-order valence-corrected chi connectivity index (χ3v) is 2.90. The number of ketones is 2. The quantitative estimate of drug-likeness (QED) is 0.808. The van der Waals surface area contributed by atoms with E-state index in [1.54, 1.807) is 36.4 Å². The van der Waals surface area contributed by atoms with Crippen molar-refractivity contribution >= 4 is 17.6 Å². The first kappa shape index (κ1) is 13.2. The molecule has 2 aromatic rings. The second kappa shape index (κ2) is 5.28. The number of furan rings is 1. The third kappa shape index (κ3) is 2.72. The summed E-state index contributed by atoms with van der Waals surface area (Å²) in [6, 6.07) is 8.31. The van der Waals surface area contributed by atoms with Gasteiger partial charge in [-0.1, -0.05) is 0 Å². The van der Waals surface area contributed by atoms with Crippen LogP contribution in [-0.2, 0) is 4.79 Å². The van der Waals surface area contributed by atoms with Crippen molar-refractivity contribution in [3.63, 3.8) is 0 Å². The van der Waals surface area contributed by atoms with E-state index in [1.807, 2.05) is 0 Å². The van der Waals surface area contributed by atoms with E-state index < -0.39 is 0 Å². The van der Waals surface area contributed by atoms with E-state index in [-0.39, 0.29) is 23.9 Å². The van der Waals surface area contributed by atoms with E-state index in [0.29, 0.717) is 22.8 Å². The Balaban J connectivity index is 1.84. The van der Waals surface area contributed by atoms with E-state index in [0.717, 1.165) is 0 Å². The number of allylic oxidation sites excluding steroid dienone is 1. The van der Waals surface area contributed by atoms with E-state index in [2.05, 4.69) is 0 Å². The Hall–Kier alpha value is -2.82. The van der Waals surface area contributed by atoms with Crippen LogP contribution in [0.2, 0.25) is 0 Å². The van der Waals surface area contributed by atoms with Crippen molar-refractivity contribution < 1.29 is 23.5 Å². The molecule has 106 valence electrons. The molecule has 1 aliphatic rings. The zero-order chi connectivity index (χ0) is 14.8. The van der Waals surface area contributed by atoms with Gasteiger partial charge in [0.25, 0.3) is 0 Å². The van der Waals surface area contributed by atoms with Crippen LogP contribution in [0.1, 0.15) is 23.0 Å². The smallest absolute Gasteiger partial charge is 0.232 e. The maximum absolute atomic E-state index is 12.2. The summed E-state index contributed by atoms with van der Waals surface area (Å²) in [6.45, 7) is 1.43. The first-order valence-corrected chi connectivity index (χ1v) is 6.37. The van der Waals surface area contributed by atoms with Gasteiger partial charge in [-0.05, 0) is 31.2 Å². The lowest BCUT2D eigenvalue weighted by Crippen LogP contribution is -2.06. The van der Waals surface area contributed by atoms with Gasteiger partial charge in [0.2, 0.25) is 5.78 Å². The zero-order valence-electron chi connectivity index (χ0n) is 11.3. The third-order valence-electron chi connectivity index (χ3n) is 2.90. The lowest BCUT2D eigenvalue weighted by molar-refractivity contribution is -0.118. The number of benzene rings is 1. The van der Waals surface area contributed by atoms with Crippen LogP contribution in [0.4, 0.5) is 0 Å². The molecule has 3 rings (SSSR count). The number of carbonyl (C=O) groups is 2. The van der Waals surface area contributed by atoms with Crippen molar-refractivity contribution in [3.05, 3.63) is 53.7 Å². The van der Waals surface area contributed by atoms with Crippen LogP contribution >= 0.6 is 0 Å². The number of hydrogen-bond donors (Lipinski definition) is 0. The summed E-state index contributed by atoms with van der Waals surface area (Å²) in [5.41, 5.74) is 0.461. The monoisotopic (exact) mass is 284 g/mol. The Morgan fingerprint density at radius 2 is 2.19 bits per heavy atom. The molecule has 1 aromatic heterocycles. The summed E-state index contributed by atoms with van der Waals surface area (Å²) in [5, 5.41) is 0. The van der Waals surface area contributed by atoms with Gasteiger partial charge in [-0.3, -0.25) is 9.59 Å². The van der Waals surface area contributed by atoms with Crippen LogP contribution in [0, 0.1) is 0 Å². The van der Waals surface area contributed by atoms with Crippen molar-refractivity contribution in [3.8, 4) is 11.5 Å². The summed E-state index contributed by atoms with van der Waals surface area (Å²) in [4.78, 5) is 23.1. The Bertz CT molecular complexity index is 725. The maximum Gasteiger partial charge on any atom is 0.232 e. The number of hydrogen-bond acceptors (Lipinski definition) is 5. The van der Waals surface area contributed by atoms with Gasteiger partial charge in [0.1, 0.15) is 23.9 Å². The molecule has 0 saturated carbocycles. The van der Waals surface area contributed by atoms with Crippen molar-refractivity contribution in [1.29, 1.82) is 0 Å². The summed E-state index contributed by atoms with van der Waals surface area (Å²) < 4.78 is 16.0. The fraction of sp³-hybridized carbons (Fsp3) is 0.125. The summed E-state index contributed by atoms with van der Waals surface area (Å²) >= 11 is 0. The maximum atomic E-state index is 12.2. The van der Waals surface area contributed by atoms with Crippen LogP contribution in [0.15, 0.2) is 46.8 Å². The van der Waals surface area contributed by atoms with Crippen LogP contribution in [0.3, 0.4) is 0 Å². The molecule has 1 aromatic carbocycles. The highest BCUT2D eigenvalue weighted by molar-refractivity contribution is 6.14. The van der Waals surface area contributed by atoms with E-state index in [4.69, 9.17) is 13.9 Å². The minimum Gasteiger partial charge on any atom is -0.486 e. The highest BCUT2D eigenvalue weighted by Crippen LogP contribution is 2.34. The molecule has 0 bridgehead atoms. The number of carbonyl (C=O) groups excluding carboxylic acids is 2. The standard InChI is InChI=1S/C16H12O5/c1-10(17)9-20-12-4-5-13-14(7-12)21-15(16(13)18)8-11-3-2-6-19-11/h2-8H,9H2,1H3/b15-8-. The second-order valence-corrected chi connectivity index (χ2v) is 4.60. The van der Waals surface area contributed by atoms with Crippen LogP contribution in [0.25, 0.3) is 6.08 Å². The Morgan fingerprint density at radius 3 is 2.90 bits per heavy atom. The van der Waals surface area contributed by atoms with Gasteiger partial charge in [0, 0.05) is 12.1 Å². The minimum absolute atomic E-state index is 0.0121. The van der Waals surface area contributed by atoms with Crippen molar-refractivity contribution in [2.24, 2.45) is 0 Å². The minimum atomic E-state index is -0.209. The van der Waals surface area contributed by atoms with Crippen LogP contribution in [0.5, 0.6) is 11.5 Å². The molecule has 0 aliphatic carbocycles. The lowest BCUT2D eigenvalue weighted by atomic mass is 10.1. The summed E-state index contributed by atoms with van der Waals surface area (Å²) in [5.74, 6) is 1.35. The average molecular weight is 284 g/mol. The Labute approximate surface area is 120 Å². The summed E-state index contributed by atoms with van der Waals surface area (Å²) in [6.07, 6.45) is 3.06. The Kier molecular flexibility index (Phi) is 3.31. The second-order valence-electron chi connectivity index (χ2n) is 4.60. The molecule has 0 atom stereocenters. The van der Waals surface area contributed by atoms with E-state index in [9.17, 15) is 9.59 Å². The molecule has 5 nitrogen and oxygen atoms in total. The molecule has 0 radical (unpaired) electrons. The highest BCUT2D eigenvalue weighted by atomic mass is 16.5. The fourth-order valence-corrected chi connectivity index (χ4v) is 1.94. The molecule has 0 spiro atoms. The number of rotatable bonds is 4. The topological polar surface area (TPSA) is 65.7 Å². The normalized spacial score (nSPS) is 14.9. The summed E-state index contributed by atoms with van der Waals surface area (Å²) in [7, 11) is 0. The number of ether oxygens (including phenoxy) is 2. The van der Waals surface area contributed by atoms with Crippen LogP contribution < -0.4 is 9.47 Å². The van der Waals surface area contributed by atoms with Gasteiger partial charge in [0.05, 0.1) is 11.8 Å². The van der Waals surface area contributed by atoms with Gasteiger partial charge in [-0.25, -0.2) is 0 Å². The van der Waals surface area contributed by atoms with Gasteiger partial charge < -0.3 is 13.9 Å². The number of Topliss-reactive ketones (excluding diaryl/α,β-unsaturated/α-hetero) is 2. The molecule has 0 saturated heterocycles. The van der Waals surface area contributed by atoms with Gasteiger partial charge in [0.15, 0.2) is 11.5 Å². The predicted molar refractivity (Wildman–Crippen MR) is 74.3 cm³/mol. The lowest BCUT2D eigenvalue weighted by Gasteiger charge is -2.04. The molecule has 0 unspecified atom stereocenters. The average Bonchev–Trinajstić information content (AvgIpc) is 3.06. The molecule has 1 aliphatic heterocycles. The van der Waals surface area contributed by atoms with Crippen molar-refractivity contribution in [2.45, 2.75) is 6.92 Å². The van der Waals surface area contributed by atoms with Crippen LogP contribution in [-0.4, -0.2) is 18.2 Å². The Morgan fingerprint density at radius 1 is 1.33 bits per heavy atom. The molecule has 0 N–H and O–H groups in total. The molecule has 0 amide bonds. The number of fused-ring (bicyclic) bond motifs is 1. The van der Waals surface area contributed by atoms with Gasteiger partial charge in [-0.2, -0.15) is 0 Å². The highest BCUT2D eigenvalue weighted by Gasteiger charge is 2.28. The first-order valence-electron chi connectivity index (χ1n) is 6.37. The zero-order valence-corrected chi connectivity index (χ0v) is 11.3. The first-order chi connectivity index (χ1) is 10.1. The SMILES string of the molecule is CC(=O)COc1ccc2c(c1)O/C(=C\c1ccco1)C2=O. The van der Waals surface area contributed by atoms with Crippen molar-refractivity contribution in [1.82, 2.24) is 0 Å². The molecule has 21 heavy (non-hydrogen) atoms. The molecule has 0 fully saturated rings. The molecule has 5 heteroatoms. The van der Waals surface area contributed by atoms with E-state index >= 15 is 0 Å².